The molecule has 1 rings (SSSR count). The molecule has 4 nitrogen and oxygen atoms in total. The molecule has 0 fully saturated rings. The van der Waals surface area contributed by atoms with E-state index < -0.39 is 0 Å². The van der Waals surface area contributed by atoms with E-state index in [1.165, 1.54) is 0 Å². The van der Waals surface area contributed by atoms with Crippen molar-refractivity contribution in [2.75, 3.05) is 0 Å². The van der Waals surface area contributed by atoms with E-state index in [9.17, 15) is 4.79 Å². The van der Waals surface area contributed by atoms with Gasteiger partial charge in [0.15, 0.2) is 0 Å². The molecular formula is C11H16N2O2S. The van der Waals surface area contributed by atoms with Gasteiger partial charge in [0.1, 0.15) is 5.76 Å². The number of nitrogens with one attached hydrogen (secondary N) is 1. The molecule has 1 amide bonds. The second-order valence-electron chi connectivity index (χ2n) is 3.84. The molecule has 3 N–H and O–H groups in total. The second-order valence-corrected chi connectivity index (χ2v) is 4.33. The zero-order valence-electron chi connectivity index (χ0n) is 9.23. The highest BCUT2D eigenvalue weighted by atomic mass is 32.1. The van der Waals surface area contributed by atoms with E-state index in [4.69, 9.17) is 22.4 Å². The summed E-state index contributed by atoms with van der Waals surface area (Å²) in [7, 11) is 0. The molecule has 5 heteroatoms. The number of nitrogens with two attached hydrogens (primary N) is 1. The van der Waals surface area contributed by atoms with Gasteiger partial charge in [-0.2, -0.15) is 0 Å². The fraction of sp³-hybridized carbons (Fsp3) is 0.455. The lowest BCUT2D eigenvalue weighted by molar-refractivity contribution is -0.118. The Morgan fingerprint density at radius 1 is 1.62 bits per heavy atom. The number of amides is 1. The third-order valence-electron chi connectivity index (χ3n) is 2.12. The van der Waals surface area contributed by atoms with Crippen LogP contribution in [0.15, 0.2) is 22.8 Å². The number of thiocarbonyl (C=S) groups is 1. The van der Waals surface area contributed by atoms with Crippen LogP contribution in [0, 0.1) is 5.92 Å². The molecule has 0 aliphatic heterocycles. The maximum Gasteiger partial charge on any atom is 0.217 e. The van der Waals surface area contributed by atoms with Gasteiger partial charge in [-0.3, -0.25) is 4.79 Å². The van der Waals surface area contributed by atoms with E-state index >= 15 is 0 Å². The molecule has 1 atom stereocenters. The Morgan fingerprint density at radius 3 is 2.94 bits per heavy atom. The predicted molar refractivity (Wildman–Crippen MR) is 65.7 cm³/mol. The largest absolute Gasteiger partial charge is 0.467 e. The van der Waals surface area contributed by atoms with Crippen LogP contribution in [0.2, 0.25) is 0 Å². The molecule has 1 aromatic rings. The van der Waals surface area contributed by atoms with Crippen molar-refractivity contribution in [3.05, 3.63) is 24.2 Å². The van der Waals surface area contributed by atoms with Gasteiger partial charge in [0.05, 0.1) is 17.8 Å². The van der Waals surface area contributed by atoms with E-state index in [0.29, 0.717) is 19.4 Å². The van der Waals surface area contributed by atoms with Gasteiger partial charge in [-0.25, -0.2) is 0 Å². The van der Waals surface area contributed by atoms with Gasteiger partial charge in [0, 0.05) is 12.8 Å². The smallest absolute Gasteiger partial charge is 0.217 e. The molecule has 0 saturated heterocycles. The zero-order chi connectivity index (χ0) is 12.0. The molecule has 0 radical (unpaired) electrons. The molecule has 0 spiro atoms. The van der Waals surface area contributed by atoms with Gasteiger partial charge in [0.2, 0.25) is 5.91 Å². The highest BCUT2D eigenvalue weighted by molar-refractivity contribution is 7.80. The van der Waals surface area contributed by atoms with Crippen LogP contribution in [0.1, 0.15) is 25.5 Å². The SMILES string of the molecule is C[C@H](CC(N)=O)CC(=S)NCc1ccco1. The number of furan rings is 1. The normalized spacial score (nSPS) is 12.1. The molecule has 0 aliphatic carbocycles. The van der Waals surface area contributed by atoms with Crippen LogP contribution >= 0.6 is 12.2 Å². The number of rotatable bonds is 6. The average Bonchev–Trinajstić information content (AvgIpc) is 2.65. The summed E-state index contributed by atoms with van der Waals surface area (Å²) < 4.78 is 5.16. The quantitative estimate of drug-likeness (QED) is 0.741. The Bertz CT molecular complexity index is 349. The molecule has 0 aromatic carbocycles. The first-order valence-corrected chi connectivity index (χ1v) is 5.56. The van der Waals surface area contributed by atoms with E-state index in [1.807, 2.05) is 19.1 Å². The minimum absolute atomic E-state index is 0.175. The first-order valence-electron chi connectivity index (χ1n) is 5.15. The van der Waals surface area contributed by atoms with Crippen LogP contribution in [0.5, 0.6) is 0 Å². The number of carbonyl (C=O) groups excluding carboxylic acids is 1. The van der Waals surface area contributed by atoms with Crippen LogP contribution in [0.25, 0.3) is 0 Å². The molecule has 0 unspecified atom stereocenters. The highest BCUT2D eigenvalue weighted by Gasteiger charge is 2.09. The third-order valence-corrected chi connectivity index (χ3v) is 2.43. The van der Waals surface area contributed by atoms with Crippen LogP contribution in [0.4, 0.5) is 0 Å². The highest BCUT2D eigenvalue weighted by Crippen LogP contribution is 2.08. The summed E-state index contributed by atoms with van der Waals surface area (Å²) in [4.78, 5) is 11.4. The monoisotopic (exact) mass is 240 g/mol. The van der Waals surface area contributed by atoms with Crippen molar-refractivity contribution < 1.29 is 9.21 Å². The van der Waals surface area contributed by atoms with Gasteiger partial charge in [-0.1, -0.05) is 19.1 Å². The standard InChI is InChI=1S/C11H16N2O2S/c1-8(5-10(12)14)6-11(16)13-7-9-3-2-4-15-9/h2-4,8H,5-7H2,1H3,(H2,12,14)(H,13,16)/t8-/m1/s1. The summed E-state index contributed by atoms with van der Waals surface area (Å²) in [5.74, 6) is 0.723. The topological polar surface area (TPSA) is 68.3 Å². The summed E-state index contributed by atoms with van der Waals surface area (Å²) in [5.41, 5.74) is 5.10. The fourth-order valence-corrected chi connectivity index (χ4v) is 1.76. The van der Waals surface area contributed by atoms with Crippen molar-refractivity contribution in [3.63, 3.8) is 0 Å². The first-order chi connectivity index (χ1) is 7.58. The molecule has 16 heavy (non-hydrogen) atoms. The first kappa shape index (κ1) is 12.7. The van der Waals surface area contributed by atoms with Crippen LogP contribution in [-0.4, -0.2) is 10.9 Å². The Morgan fingerprint density at radius 2 is 2.38 bits per heavy atom. The van der Waals surface area contributed by atoms with Gasteiger partial charge in [0.25, 0.3) is 0 Å². The van der Waals surface area contributed by atoms with Crippen molar-refractivity contribution in [2.45, 2.75) is 26.3 Å². The predicted octanol–water partition coefficient (Wildman–Crippen LogP) is 1.60. The summed E-state index contributed by atoms with van der Waals surface area (Å²) >= 11 is 5.15. The van der Waals surface area contributed by atoms with Crippen molar-refractivity contribution in [3.8, 4) is 0 Å². The van der Waals surface area contributed by atoms with Crippen LogP contribution in [0.3, 0.4) is 0 Å². The molecular weight excluding hydrogens is 224 g/mol. The number of hydrogen-bond donors (Lipinski definition) is 2. The van der Waals surface area contributed by atoms with E-state index in [1.54, 1.807) is 6.26 Å². The van der Waals surface area contributed by atoms with Crippen LogP contribution in [-0.2, 0) is 11.3 Å². The summed E-state index contributed by atoms with van der Waals surface area (Å²) in [6.07, 6.45) is 2.65. The minimum atomic E-state index is -0.290. The maximum atomic E-state index is 10.7. The van der Waals surface area contributed by atoms with Gasteiger partial charge in [-0.05, 0) is 18.1 Å². The molecule has 88 valence electrons. The van der Waals surface area contributed by atoms with E-state index in [0.717, 1.165) is 10.7 Å². The Hall–Kier alpha value is -1.36. The number of hydrogen-bond acceptors (Lipinski definition) is 3. The number of carbonyl (C=O) groups is 1. The lowest BCUT2D eigenvalue weighted by atomic mass is 10.0. The molecule has 0 saturated carbocycles. The maximum absolute atomic E-state index is 10.7. The van der Waals surface area contributed by atoms with Gasteiger partial charge in [-0.15, -0.1) is 0 Å². The molecule has 0 aliphatic rings. The fourth-order valence-electron chi connectivity index (χ4n) is 1.40. The lowest BCUT2D eigenvalue weighted by Gasteiger charge is -2.11. The second kappa shape index (κ2) is 6.27. The van der Waals surface area contributed by atoms with Crippen molar-refractivity contribution >= 4 is 23.1 Å². The van der Waals surface area contributed by atoms with E-state index in [2.05, 4.69) is 5.32 Å². The Kier molecular flexibility index (Phi) is 4.98. The van der Waals surface area contributed by atoms with Crippen molar-refractivity contribution in [2.24, 2.45) is 11.7 Å². The van der Waals surface area contributed by atoms with Gasteiger partial charge < -0.3 is 15.5 Å². The summed E-state index contributed by atoms with van der Waals surface area (Å²) in [6, 6.07) is 3.71. The average molecular weight is 240 g/mol. The van der Waals surface area contributed by atoms with Crippen molar-refractivity contribution in [1.29, 1.82) is 0 Å². The number of primary amides is 1. The molecule has 0 bridgehead atoms. The minimum Gasteiger partial charge on any atom is -0.467 e. The lowest BCUT2D eigenvalue weighted by Crippen LogP contribution is -2.24. The molecule has 1 heterocycles. The van der Waals surface area contributed by atoms with Gasteiger partial charge >= 0.3 is 0 Å². The van der Waals surface area contributed by atoms with Crippen LogP contribution < -0.4 is 11.1 Å². The summed E-state index contributed by atoms with van der Waals surface area (Å²) in [5, 5.41) is 3.07. The Labute approximate surface area is 100 Å². The zero-order valence-corrected chi connectivity index (χ0v) is 10.0. The van der Waals surface area contributed by atoms with Crippen molar-refractivity contribution in [1.82, 2.24) is 5.32 Å². The third kappa shape index (κ3) is 4.93. The summed E-state index contributed by atoms with van der Waals surface area (Å²) in [6.45, 7) is 2.53. The molecule has 1 aromatic heterocycles. The van der Waals surface area contributed by atoms with E-state index in [-0.39, 0.29) is 11.8 Å². The Balaban J connectivity index is 2.23.